The number of carboxylic acid groups (broad SMARTS) is 1. The number of nitrogens with zero attached hydrogens (tertiary/aromatic N) is 4. The first-order chi connectivity index (χ1) is 33.0. The molecule has 1 fully saturated rings. The first kappa shape index (κ1) is 52.4. The fraction of sp³-hybridized carbons (Fsp3) is 0.432. The van der Waals surface area contributed by atoms with Gasteiger partial charge in [0.05, 0.1) is 43.1 Å². The summed E-state index contributed by atoms with van der Waals surface area (Å²) in [5, 5.41) is 39.1. The van der Waals surface area contributed by atoms with Crippen molar-refractivity contribution >= 4 is 63.3 Å². The van der Waals surface area contributed by atoms with Crippen LogP contribution < -0.4 is 47.3 Å². The van der Waals surface area contributed by atoms with E-state index in [1.54, 1.807) is 44.2 Å². The van der Waals surface area contributed by atoms with Crippen molar-refractivity contribution in [3.05, 3.63) is 83.6 Å². The van der Waals surface area contributed by atoms with Gasteiger partial charge in [-0.1, -0.05) is 44.2 Å². The summed E-state index contributed by atoms with van der Waals surface area (Å²) in [6.07, 6.45) is 1.33. The average Bonchev–Trinajstić information content (AvgIpc) is 3.84. The maximum absolute atomic E-state index is 13.9. The number of carbonyl (C=O) groups excluding carboxylic acids is 6. The molecule has 0 aliphatic carbocycles. The minimum absolute atomic E-state index is 0.121. The zero-order valence-electron chi connectivity index (χ0n) is 37.9. The Balaban J connectivity index is 1.16. The van der Waals surface area contributed by atoms with E-state index in [2.05, 4.69) is 62.7 Å². The third-order valence-corrected chi connectivity index (χ3v) is 11.5. The van der Waals surface area contributed by atoms with Gasteiger partial charge in [0.1, 0.15) is 29.9 Å². The van der Waals surface area contributed by atoms with Crippen LogP contribution in [0.4, 0.5) is 5.82 Å². The molecule has 2 aliphatic rings. The molecule has 370 valence electrons. The number of guanidine groups is 1. The van der Waals surface area contributed by atoms with Gasteiger partial charge < -0.3 is 52.4 Å². The van der Waals surface area contributed by atoms with Crippen molar-refractivity contribution in [2.75, 3.05) is 39.3 Å². The lowest BCUT2D eigenvalue weighted by Gasteiger charge is -2.27. The molecule has 3 aromatic rings. The number of hydrogen-bond donors (Lipinski definition) is 10. The number of aromatic nitrogens is 1. The minimum atomic E-state index is -4.43. The van der Waals surface area contributed by atoms with Crippen LogP contribution in [0.1, 0.15) is 61.0 Å². The van der Waals surface area contributed by atoms with Gasteiger partial charge in [0.2, 0.25) is 29.5 Å². The first-order valence-corrected chi connectivity index (χ1v) is 23.5. The highest BCUT2D eigenvalue weighted by atomic mass is 32.2. The van der Waals surface area contributed by atoms with Gasteiger partial charge in [0.25, 0.3) is 16.0 Å². The smallest absolute Gasteiger partial charge is 0.305 e. The molecule has 69 heavy (non-hydrogen) atoms. The first-order valence-electron chi connectivity index (χ1n) is 22.1. The number of hydrogen-bond acceptors (Lipinski definition) is 16. The summed E-state index contributed by atoms with van der Waals surface area (Å²) >= 11 is 0. The molecule has 3 heterocycles. The molecule has 0 spiro atoms. The summed E-state index contributed by atoms with van der Waals surface area (Å²) in [5.41, 5.74) is 1.05. The third-order valence-electron chi connectivity index (χ3n) is 10.5. The van der Waals surface area contributed by atoms with Crippen molar-refractivity contribution in [2.45, 2.75) is 81.6 Å². The van der Waals surface area contributed by atoms with Crippen LogP contribution in [0.15, 0.2) is 87.0 Å². The number of aliphatic carboxylic acids is 1. The van der Waals surface area contributed by atoms with Gasteiger partial charge in [0.15, 0.2) is 11.8 Å². The molecule has 0 bridgehead atoms. The molecule has 24 nitrogen and oxygen atoms in total. The van der Waals surface area contributed by atoms with Crippen molar-refractivity contribution in [1.29, 1.82) is 0 Å². The van der Waals surface area contributed by atoms with Gasteiger partial charge in [-0.3, -0.25) is 43.1 Å². The van der Waals surface area contributed by atoms with Crippen molar-refractivity contribution in [2.24, 2.45) is 21.1 Å². The number of benzene rings is 2. The van der Waals surface area contributed by atoms with E-state index in [1.807, 2.05) is 0 Å². The molecule has 10 N–H and O–H groups in total. The lowest BCUT2D eigenvalue weighted by atomic mass is 9.99. The van der Waals surface area contributed by atoms with Crippen LogP contribution in [0.25, 0.3) is 0 Å². The second-order valence-corrected chi connectivity index (χ2v) is 17.6. The lowest BCUT2D eigenvalue weighted by Crippen LogP contribution is -2.59. The third kappa shape index (κ3) is 16.9. The molecule has 6 amide bonds. The van der Waals surface area contributed by atoms with Gasteiger partial charge in [-0.15, -0.1) is 5.11 Å². The van der Waals surface area contributed by atoms with Gasteiger partial charge in [-0.05, 0) is 66.6 Å². The van der Waals surface area contributed by atoms with Crippen LogP contribution in [-0.4, -0.2) is 134 Å². The van der Waals surface area contributed by atoms with Crippen molar-refractivity contribution in [3.8, 4) is 5.75 Å². The summed E-state index contributed by atoms with van der Waals surface area (Å²) in [4.78, 5) is 100. The van der Waals surface area contributed by atoms with E-state index in [1.165, 1.54) is 36.5 Å². The molecular formula is C44H56N12O12S. The Morgan fingerprint density at radius 3 is 2.28 bits per heavy atom. The minimum Gasteiger partial charge on any atom is -0.494 e. The topological polar surface area (TPSA) is 350 Å². The Morgan fingerprint density at radius 1 is 0.855 bits per heavy atom. The van der Waals surface area contributed by atoms with Gasteiger partial charge in [-0.25, -0.2) is 4.98 Å². The van der Waals surface area contributed by atoms with Crippen molar-refractivity contribution < 1.29 is 56.4 Å². The van der Waals surface area contributed by atoms with Crippen LogP contribution in [0, 0.1) is 5.92 Å². The molecule has 25 heteroatoms. The van der Waals surface area contributed by atoms with E-state index >= 15 is 0 Å². The van der Waals surface area contributed by atoms with Gasteiger partial charge in [0, 0.05) is 32.3 Å². The molecular weight excluding hydrogens is 921 g/mol. The number of amides is 6. The molecule has 1 aromatic heterocycles. The Morgan fingerprint density at radius 2 is 1.59 bits per heavy atom. The van der Waals surface area contributed by atoms with Gasteiger partial charge in [-0.2, -0.15) is 13.5 Å². The Kier molecular flexibility index (Phi) is 19.4. The predicted octanol–water partition coefficient (Wildman–Crippen LogP) is -0.118. The average molecular weight is 977 g/mol. The Labute approximate surface area is 397 Å². The zero-order chi connectivity index (χ0) is 49.9. The summed E-state index contributed by atoms with van der Waals surface area (Å²) < 4.78 is 38.4. The van der Waals surface area contributed by atoms with E-state index in [9.17, 15) is 51.6 Å². The van der Waals surface area contributed by atoms with Crippen LogP contribution in [0.5, 0.6) is 5.75 Å². The highest BCUT2D eigenvalue weighted by Crippen LogP contribution is 2.18. The highest BCUT2D eigenvalue weighted by molar-refractivity contribution is 7.85. The number of nitrogens with one attached hydrogen (secondary N) is 8. The maximum Gasteiger partial charge on any atom is 0.305 e. The second-order valence-electron chi connectivity index (χ2n) is 16.2. The standard InChI is InChI=1S/C44H56N12O12S/c1-26(2)38-43(64)54-32(42(63)53-33(22-37(58)59)40(61)50-25-36(57)52-31(41(62)55-38)8-5-16-46-44-47-18-19-48-44)21-27-10-13-30(14-11-27)68-20-6-17-45-39(60)29-12-15-35(49-23-29)56-51-24-28-7-3-4-9-34(28)69(65,66)67/h3-4,7,9-15,23,26,31-33,38H,5-6,8,16-22,24-25H2,1-2H3,(H,45,60)(H,50,61)(H,52,57)(H,53,63)(H,54,64)(H,55,62)(H,58,59)(H2,46,47,48)(H,65,66,67)/t31?,32-,33-,38-/m1/s1. The molecule has 1 unspecified atom stereocenters. The normalized spacial score (nSPS) is 19.4. The van der Waals surface area contributed by atoms with Crippen molar-refractivity contribution in [1.82, 2.24) is 47.5 Å². The molecule has 1 saturated heterocycles. The second kappa shape index (κ2) is 25.6. The largest absolute Gasteiger partial charge is 0.494 e. The lowest BCUT2D eigenvalue weighted by molar-refractivity contribution is -0.141. The summed E-state index contributed by atoms with van der Waals surface area (Å²) in [6, 6.07) is 10.1. The highest BCUT2D eigenvalue weighted by Gasteiger charge is 2.34. The van der Waals surface area contributed by atoms with Crippen LogP contribution >= 0.6 is 0 Å². The quantitative estimate of drug-likeness (QED) is 0.0425. The molecule has 5 rings (SSSR count). The maximum atomic E-state index is 13.9. The monoisotopic (exact) mass is 976 g/mol. The Hall–Kier alpha value is -7.54. The molecule has 0 saturated carbocycles. The SMILES string of the molecule is CC(C)[C@H]1NC(=O)C(CCCNC2=NCCN2)NC(=O)CNC(=O)[C@@H](CC(=O)O)NC(=O)[C@@H](Cc2ccc(OCCCNC(=O)c3ccc(N=NCc4ccccc4S(=O)(=O)O)nc3)cc2)NC1=O. The van der Waals surface area contributed by atoms with E-state index in [0.29, 0.717) is 49.7 Å². The molecule has 2 aromatic carbocycles. The number of aliphatic imine (C=N–C) groups is 1. The van der Waals surface area contributed by atoms with Crippen molar-refractivity contribution in [3.63, 3.8) is 0 Å². The summed E-state index contributed by atoms with van der Waals surface area (Å²) in [6.45, 7) is 4.82. The number of ether oxygens (including phenoxy) is 1. The summed E-state index contributed by atoms with van der Waals surface area (Å²) in [5.74, 6) is -5.05. The Bertz CT molecular complexity index is 2490. The fourth-order valence-corrected chi connectivity index (χ4v) is 7.64. The number of pyridine rings is 1. The number of carboxylic acids is 1. The number of carbonyl (C=O) groups is 7. The number of rotatable bonds is 19. The molecule has 0 radical (unpaired) electrons. The van der Waals surface area contributed by atoms with E-state index < -0.39 is 94.6 Å². The van der Waals surface area contributed by atoms with Crippen LogP contribution in [0.2, 0.25) is 0 Å². The van der Waals surface area contributed by atoms with Crippen LogP contribution in [-0.2, 0) is 51.9 Å². The zero-order valence-corrected chi connectivity index (χ0v) is 38.7. The van der Waals surface area contributed by atoms with E-state index in [-0.39, 0.29) is 54.4 Å². The predicted molar refractivity (Wildman–Crippen MR) is 247 cm³/mol. The molecule has 4 atom stereocenters. The molecule has 2 aliphatic heterocycles. The van der Waals surface area contributed by atoms with E-state index in [0.717, 1.165) is 0 Å². The van der Waals surface area contributed by atoms with E-state index in [4.69, 9.17) is 4.74 Å². The van der Waals surface area contributed by atoms with Gasteiger partial charge >= 0.3 is 5.97 Å². The summed E-state index contributed by atoms with van der Waals surface area (Å²) in [7, 11) is -4.43. The van der Waals surface area contributed by atoms with Crippen LogP contribution in [0.3, 0.4) is 0 Å². The fourth-order valence-electron chi connectivity index (χ4n) is 6.92. The number of azo groups is 1.